The highest BCUT2D eigenvalue weighted by Crippen LogP contribution is 2.41. The summed E-state index contributed by atoms with van der Waals surface area (Å²) < 4.78 is 0. The van der Waals surface area contributed by atoms with E-state index < -0.39 is 0 Å². The van der Waals surface area contributed by atoms with Crippen LogP contribution in [0.5, 0.6) is 5.75 Å². The van der Waals surface area contributed by atoms with Gasteiger partial charge >= 0.3 is 0 Å². The Morgan fingerprint density at radius 2 is 1.53 bits per heavy atom. The number of nitrogens with zero attached hydrogens (tertiary/aromatic N) is 3. The Hall–Kier alpha value is -2.36. The smallest absolute Gasteiger partial charge is 0.146 e. The SMILES string of the molecule is CCC(C)c1ccc2nn(-c3cc(C(C)(C)CC)cc(C(C)(C)CC)c3O)nc2c1. The van der Waals surface area contributed by atoms with Crippen LogP contribution in [0, 0.1) is 0 Å². The van der Waals surface area contributed by atoms with Crippen LogP contribution in [0.3, 0.4) is 0 Å². The number of phenolic OH excluding ortho intramolecular Hbond substituents is 1. The number of fused-ring (bicyclic) bond motifs is 1. The van der Waals surface area contributed by atoms with E-state index in [1.54, 1.807) is 4.80 Å². The molecule has 1 atom stereocenters. The van der Waals surface area contributed by atoms with Crippen molar-refractivity contribution in [1.29, 1.82) is 0 Å². The highest BCUT2D eigenvalue weighted by atomic mass is 16.3. The van der Waals surface area contributed by atoms with Crippen molar-refractivity contribution in [3.8, 4) is 11.4 Å². The predicted molar refractivity (Wildman–Crippen MR) is 126 cm³/mol. The molecule has 0 saturated heterocycles. The molecule has 1 heterocycles. The number of aromatic hydroxyl groups is 1. The number of rotatable bonds is 7. The van der Waals surface area contributed by atoms with E-state index in [1.165, 1.54) is 11.1 Å². The number of hydrogen-bond acceptors (Lipinski definition) is 3. The van der Waals surface area contributed by atoms with Gasteiger partial charge in [-0.25, -0.2) is 0 Å². The molecule has 4 heteroatoms. The van der Waals surface area contributed by atoms with Gasteiger partial charge in [0.1, 0.15) is 22.5 Å². The maximum Gasteiger partial charge on any atom is 0.146 e. The summed E-state index contributed by atoms with van der Waals surface area (Å²) in [7, 11) is 0. The molecule has 1 N–H and O–H groups in total. The Morgan fingerprint density at radius 3 is 2.13 bits per heavy atom. The van der Waals surface area contributed by atoms with Crippen molar-refractivity contribution in [2.45, 2.75) is 91.4 Å². The summed E-state index contributed by atoms with van der Waals surface area (Å²) in [6, 6.07) is 10.5. The van der Waals surface area contributed by atoms with Gasteiger partial charge in [-0.15, -0.1) is 15.0 Å². The van der Waals surface area contributed by atoms with Crippen molar-refractivity contribution in [1.82, 2.24) is 15.0 Å². The molecule has 1 aromatic heterocycles. The Bertz CT molecular complexity index is 1050. The normalized spacial score (nSPS) is 13.7. The second kappa shape index (κ2) is 8.05. The molecule has 30 heavy (non-hydrogen) atoms. The van der Waals surface area contributed by atoms with E-state index in [9.17, 15) is 5.11 Å². The zero-order chi connectivity index (χ0) is 22.3. The van der Waals surface area contributed by atoms with Crippen LogP contribution < -0.4 is 0 Å². The Labute approximate surface area is 181 Å². The van der Waals surface area contributed by atoms with Crippen LogP contribution in [0.15, 0.2) is 30.3 Å². The molecule has 1 unspecified atom stereocenters. The van der Waals surface area contributed by atoms with E-state index in [0.717, 1.165) is 35.9 Å². The van der Waals surface area contributed by atoms with E-state index >= 15 is 0 Å². The number of phenols is 1. The average molecular weight is 408 g/mol. The van der Waals surface area contributed by atoms with Gasteiger partial charge < -0.3 is 5.11 Å². The van der Waals surface area contributed by atoms with Gasteiger partial charge in [-0.3, -0.25) is 0 Å². The molecule has 0 fully saturated rings. The topological polar surface area (TPSA) is 50.9 Å². The van der Waals surface area contributed by atoms with Gasteiger partial charge in [-0.05, 0) is 65.3 Å². The van der Waals surface area contributed by atoms with Crippen molar-refractivity contribution in [2.75, 3.05) is 0 Å². The van der Waals surface area contributed by atoms with Crippen LogP contribution in [-0.2, 0) is 10.8 Å². The van der Waals surface area contributed by atoms with Crippen LogP contribution >= 0.6 is 0 Å². The van der Waals surface area contributed by atoms with Crippen LogP contribution in [0.4, 0.5) is 0 Å². The number of hydrogen-bond donors (Lipinski definition) is 1. The van der Waals surface area contributed by atoms with E-state index in [4.69, 9.17) is 10.2 Å². The quantitative estimate of drug-likeness (QED) is 0.458. The molecule has 3 aromatic rings. The molecule has 0 bridgehead atoms. The van der Waals surface area contributed by atoms with E-state index in [1.807, 2.05) is 6.07 Å². The van der Waals surface area contributed by atoms with E-state index in [-0.39, 0.29) is 16.6 Å². The fraction of sp³-hybridized carbons (Fsp3) is 0.538. The summed E-state index contributed by atoms with van der Waals surface area (Å²) in [6.45, 7) is 17.6. The summed E-state index contributed by atoms with van der Waals surface area (Å²) >= 11 is 0. The molecule has 0 aliphatic carbocycles. The van der Waals surface area contributed by atoms with Crippen LogP contribution in [0.25, 0.3) is 16.7 Å². The molecule has 0 spiro atoms. The molecule has 0 saturated carbocycles. The lowest BCUT2D eigenvalue weighted by atomic mass is 9.76. The fourth-order valence-corrected chi connectivity index (χ4v) is 3.65. The third-order valence-corrected chi connectivity index (χ3v) is 7.17. The molecule has 4 nitrogen and oxygen atoms in total. The minimum Gasteiger partial charge on any atom is -0.505 e. The van der Waals surface area contributed by atoms with Gasteiger partial charge in [-0.1, -0.05) is 67.5 Å². The molecule has 162 valence electrons. The second-order valence-corrected chi connectivity index (χ2v) is 9.91. The van der Waals surface area contributed by atoms with Gasteiger partial charge in [0.2, 0.25) is 0 Å². The minimum absolute atomic E-state index is 0.00265. The maximum atomic E-state index is 11.3. The fourth-order valence-electron chi connectivity index (χ4n) is 3.65. The third-order valence-electron chi connectivity index (χ3n) is 7.17. The van der Waals surface area contributed by atoms with E-state index in [0.29, 0.717) is 11.6 Å². The summed E-state index contributed by atoms with van der Waals surface area (Å²) in [5.41, 5.74) is 5.66. The highest BCUT2D eigenvalue weighted by Gasteiger charge is 2.29. The van der Waals surface area contributed by atoms with E-state index in [2.05, 4.69) is 79.7 Å². The van der Waals surface area contributed by atoms with Crippen molar-refractivity contribution >= 4 is 11.0 Å². The zero-order valence-corrected chi connectivity index (χ0v) is 19.9. The molecule has 0 radical (unpaired) electrons. The van der Waals surface area contributed by atoms with Gasteiger partial charge in [0.15, 0.2) is 0 Å². The van der Waals surface area contributed by atoms with Crippen molar-refractivity contribution in [3.63, 3.8) is 0 Å². The first-order chi connectivity index (χ1) is 14.0. The van der Waals surface area contributed by atoms with Gasteiger partial charge in [0, 0.05) is 5.56 Å². The predicted octanol–water partition coefficient (Wildman–Crippen LogP) is 7.01. The molecular weight excluding hydrogens is 370 g/mol. The molecule has 0 aliphatic heterocycles. The summed E-state index contributed by atoms with van der Waals surface area (Å²) in [5, 5.41) is 20.8. The maximum absolute atomic E-state index is 11.3. The first-order valence-electron chi connectivity index (χ1n) is 11.3. The molecular formula is C26H37N3O. The summed E-state index contributed by atoms with van der Waals surface area (Å²) in [5.74, 6) is 0.763. The summed E-state index contributed by atoms with van der Waals surface area (Å²) in [4.78, 5) is 1.62. The second-order valence-electron chi connectivity index (χ2n) is 9.91. The molecule has 0 aliphatic rings. The van der Waals surface area contributed by atoms with Crippen LogP contribution in [-0.4, -0.2) is 20.1 Å². The van der Waals surface area contributed by atoms with Crippen molar-refractivity contribution < 1.29 is 5.11 Å². The van der Waals surface area contributed by atoms with Gasteiger partial charge in [0.05, 0.1) is 0 Å². The number of benzene rings is 2. The molecule has 2 aromatic carbocycles. The zero-order valence-electron chi connectivity index (χ0n) is 19.9. The minimum atomic E-state index is -0.144. The molecule has 0 amide bonds. The van der Waals surface area contributed by atoms with Crippen molar-refractivity contribution in [2.24, 2.45) is 0 Å². The molecule has 3 rings (SSSR count). The number of aromatic nitrogens is 3. The Morgan fingerprint density at radius 1 is 0.900 bits per heavy atom. The first-order valence-corrected chi connectivity index (χ1v) is 11.3. The Kier molecular flexibility index (Phi) is 5.99. The van der Waals surface area contributed by atoms with Crippen molar-refractivity contribution in [3.05, 3.63) is 47.0 Å². The third kappa shape index (κ3) is 3.97. The van der Waals surface area contributed by atoms with Crippen LogP contribution in [0.1, 0.15) is 97.3 Å². The highest BCUT2D eigenvalue weighted by molar-refractivity contribution is 5.75. The van der Waals surface area contributed by atoms with Gasteiger partial charge in [-0.2, -0.15) is 0 Å². The monoisotopic (exact) mass is 407 g/mol. The lowest BCUT2D eigenvalue weighted by Gasteiger charge is -2.30. The van der Waals surface area contributed by atoms with Crippen LogP contribution in [0.2, 0.25) is 0 Å². The largest absolute Gasteiger partial charge is 0.505 e. The average Bonchev–Trinajstić information content (AvgIpc) is 3.15. The Balaban J connectivity index is 2.24. The lowest BCUT2D eigenvalue weighted by Crippen LogP contribution is -2.21. The standard InChI is InChI=1S/C26H37N3O/c1-9-17(4)18-12-13-21-22(14-18)28-29(27-21)23-16-19(25(5,6)10-2)15-20(24(23)30)26(7,8)11-3/h12-17,30H,9-11H2,1-8H3. The van der Waals surface area contributed by atoms with Gasteiger partial charge in [0.25, 0.3) is 0 Å². The first kappa shape index (κ1) is 22.3. The lowest BCUT2D eigenvalue weighted by molar-refractivity contribution is 0.420. The summed E-state index contributed by atoms with van der Waals surface area (Å²) in [6.07, 6.45) is 3.03.